The Morgan fingerprint density at radius 2 is 1.81 bits per heavy atom. The average molecular weight is 600 g/mol. The Morgan fingerprint density at radius 3 is 2.53 bits per heavy atom. The van der Waals surface area contributed by atoms with E-state index in [-0.39, 0.29) is 18.0 Å². The lowest BCUT2D eigenvalue weighted by atomic mass is 10.1. The molecule has 3 aromatic rings. The van der Waals surface area contributed by atoms with Crippen LogP contribution in [0.2, 0.25) is 0 Å². The average Bonchev–Trinajstić information content (AvgIpc) is 2.82. The Morgan fingerprint density at radius 1 is 1.03 bits per heavy atom. The van der Waals surface area contributed by atoms with Gasteiger partial charge in [-0.1, -0.05) is 30.3 Å². The van der Waals surface area contributed by atoms with Gasteiger partial charge in [0.15, 0.2) is 11.5 Å². The molecule has 7 nitrogen and oxygen atoms in total. The van der Waals surface area contributed by atoms with Crippen LogP contribution in [0.15, 0.2) is 66.2 Å². The highest BCUT2D eigenvalue weighted by atomic mass is 127. The molecule has 1 aliphatic rings. The Balaban J connectivity index is 1.67. The minimum absolute atomic E-state index is 0.00234. The molecule has 4 rings (SSSR count). The highest BCUT2D eigenvalue weighted by molar-refractivity contribution is 14.1. The zero-order valence-corrected chi connectivity index (χ0v) is 21.7. The first kappa shape index (κ1) is 25.4. The van der Waals surface area contributed by atoms with Crippen molar-refractivity contribution in [2.24, 2.45) is 0 Å². The predicted molar refractivity (Wildman–Crippen MR) is 141 cm³/mol. The van der Waals surface area contributed by atoms with Gasteiger partial charge in [0.25, 0.3) is 11.8 Å². The second-order valence-corrected chi connectivity index (χ2v) is 9.10. The summed E-state index contributed by atoms with van der Waals surface area (Å²) >= 11 is 2.05. The molecule has 0 bridgehead atoms. The van der Waals surface area contributed by atoms with Gasteiger partial charge in [0, 0.05) is 5.56 Å². The largest absolute Gasteiger partial charge is 0.490 e. The molecule has 1 fully saturated rings. The van der Waals surface area contributed by atoms with Crippen molar-refractivity contribution in [2.45, 2.75) is 20.5 Å². The molecule has 1 N–H and O–H groups in total. The molecule has 0 aliphatic carbocycles. The molecule has 184 valence electrons. The summed E-state index contributed by atoms with van der Waals surface area (Å²) in [6.45, 7) is 3.98. The highest BCUT2D eigenvalue weighted by Crippen LogP contribution is 2.36. The predicted octanol–water partition coefficient (Wildman–Crippen LogP) is 5.38. The number of ether oxygens (including phenoxy) is 2. The molecule has 0 atom stereocenters. The molecule has 36 heavy (non-hydrogen) atoms. The third kappa shape index (κ3) is 5.40. The lowest BCUT2D eigenvalue weighted by Crippen LogP contribution is -2.54. The third-order valence-corrected chi connectivity index (χ3v) is 6.14. The Bertz CT molecular complexity index is 1390. The van der Waals surface area contributed by atoms with Crippen LogP contribution in [0, 0.1) is 16.3 Å². The summed E-state index contributed by atoms with van der Waals surface area (Å²) in [4.78, 5) is 39.2. The molecule has 0 spiro atoms. The van der Waals surface area contributed by atoms with Crippen LogP contribution < -0.4 is 19.7 Å². The van der Waals surface area contributed by atoms with Crippen LogP contribution in [0.4, 0.5) is 14.9 Å². The molecule has 9 heteroatoms. The van der Waals surface area contributed by atoms with Crippen LogP contribution in [0.25, 0.3) is 6.08 Å². The Hall–Kier alpha value is -3.73. The van der Waals surface area contributed by atoms with E-state index in [0.717, 1.165) is 10.5 Å². The number of nitrogens with zero attached hydrogens (tertiary/aromatic N) is 1. The fourth-order valence-electron chi connectivity index (χ4n) is 3.67. The number of anilines is 1. The molecule has 0 saturated carbocycles. The van der Waals surface area contributed by atoms with Gasteiger partial charge < -0.3 is 9.47 Å². The fraction of sp³-hybridized carbons (Fsp3) is 0.148. The summed E-state index contributed by atoms with van der Waals surface area (Å²) in [7, 11) is 0. The standard InChI is InChI=1S/C27H22FIN2O5/c1-3-35-23-14-17(13-22(29)24(23)36-15-18-8-4-5-10-21(18)28)12-20-25(32)30-27(34)31(26(20)33)19-9-6-7-16(2)11-19/h4-14H,3,15H2,1-2H3,(H,30,32,34)/b20-12+. The van der Waals surface area contributed by atoms with Gasteiger partial charge in [0.1, 0.15) is 18.0 Å². The maximum absolute atomic E-state index is 14.0. The first-order chi connectivity index (χ1) is 17.3. The van der Waals surface area contributed by atoms with Crippen molar-refractivity contribution >= 4 is 52.2 Å². The quantitative estimate of drug-likeness (QED) is 0.224. The summed E-state index contributed by atoms with van der Waals surface area (Å²) in [5.74, 6) is -1.10. The Labute approximate surface area is 221 Å². The molecule has 3 aromatic carbocycles. The van der Waals surface area contributed by atoms with E-state index in [9.17, 15) is 18.8 Å². The lowest BCUT2D eigenvalue weighted by Gasteiger charge is -2.26. The van der Waals surface area contributed by atoms with Crippen LogP contribution >= 0.6 is 22.6 Å². The van der Waals surface area contributed by atoms with E-state index in [1.165, 1.54) is 12.1 Å². The van der Waals surface area contributed by atoms with E-state index < -0.39 is 17.8 Å². The van der Waals surface area contributed by atoms with E-state index in [0.29, 0.717) is 38.5 Å². The number of urea groups is 1. The maximum atomic E-state index is 14.0. The van der Waals surface area contributed by atoms with Crippen molar-refractivity contribution in [2.75, 3.05) is 11.5 Å². The summed E-state index contributed by atoms with van der Waals surface area (Å²) < 4.78 is 26.3. The first-order valence-corrected chi connectivity index (χ1v) is 12.2. The number of carbonyl (C=O) groups is 3. The SMILES string of the molecule is CCOc1cc(/C=C2\C(=O)NC(=O)N(c3cccc(C)c3)C2=O)cc(I)c1OCc1ccccc1F. The van der Waals surface area contributed by atoms with Crippen molar-refractivity contribution in [1.29, 1.82) is 0 Å². The minimum Gasteiger partial charge on any atom is -0.490 e. The van der Waals surface area contributed by atoms with E-state index in [1.807, 2.05) is 42.5 Å². The number of rotatable bonds is 7. The number of nitrogens with one attached hydrogen (secondary N) is 1. The van der Waals surface area contributed by atoms with Crippen molar-refractivity contribution in [3.8, 4) is 11.5 Å². The number of aryl methyl sites for hydroxylation is 1. The third-order valence-electron chi connectivity index (χ3n) is 5.33. The number of hydrogen-bond donors (Lipinski definition) is 1. The van der Waals surface area contributed by atoms with Gasteiger partial charge in [-0.15, -0.1) is 0 Å². The number of imide groups is 2. The van der Waals surface area contributed by atoms with E-state index in [4.69, 9.17) is 9.47 Å². The number of hydrogen-bond acceptors (Lipinski definition) is 5. The monoisotopic (exact) mass is 600 g/mol. The van der Waals surface area contributed by atoms with Crippen LogP contribution in [-0.4, -0.2) is 24.5 Å². The van der Waals surface area contributed by atoms with Crippen molar-refractivity contribution in [3.05, 3.63) is 92.3 Å². The van der Waals surface area contributed by atoms with Crippen molar-refractivity contribution < 1.29 is 28.2 Å². The lowest BCUT2D eigenvalue weighted by molar-refractivity contribution is -0.122. The van der Waals surface area contributed by atoms with Crippen LogP contribution in [0.5, 0.6) is 11.5 Å². The maximum Gasteiger partial charge on any atom is 0.335 e. The van der Waals surface area contributed by atoms with Crippen molar-refractivity contribution in [1.82, 2.24) is 5.32 Å². The van der Waals surface area contributed by atoms with Gasteiger partial charge in [0.2, 0.25) is 0 Å². The van der Waals surface area contributed by atoms with Crippen LogP contribution in [0.1, 0.15) is 23.6 Å². The summed E-state index contributed by atoms with van der Waals surface area (Å²) in [5.41, 5.74) is 1.91. The molecule has 1 saturated heterocycles. The number of halogens is 2. The van der Waals surface area contributed by atoms with Gasteiger partial charge in [0.05, 0.1) is 15.9 Å². The van der Waals surface area contributed by atoms with Crippen LogP contribution in [-0.2, 0) is 16.2 Å². The zero-order valence-electron chi connectivity index (χ0n) is 19.5. The zero-order chi connectivity index (χ0) is 25.8. The van der Waals surface area contributed by atoms with Gasteiger partial charge in [-0.05, 0) is 84.0 Å². The van der Waals surface area contributed by atoms with Gasteiger partial charge in [-0.2, -0.15) is 0 Å². The molecule has 0 radical (unpaired) electrons. The molecular formula is C27H22FIN2O5. The summed E-state index contributed by atoms with van der Waals surface area (Å²) in [6, 6.07) is 15.7. The topological polar surface area (TPSA) is 84.9 Å². The number of carbonyl (C=O) groups excluding carboxylic acids is 3. The summed E-state index contributed by atoms with van der Waals surface area (Å²) in [5, 5.41) is 2.22. The number of barbiturate groups is 1. The molecule has 1 aliphatic heterocycles. The number of amides is 4. The van der Waals surface area contributed by atoms with Gasteiger partial charge in [-0.25, -0.2) is 14.1 Å². The minimum atomic E-state index is -0.811. The molecule has 1 heterocycles. The van der Waals surface area contributed by atoms with E-state index in [1.54, 1.807) is 48.5 Å². The summed E-state index contributed by atoms with van der Waals surface area (Å²) in [6.07, 6.45) is 1.40. The Kier molecular flexibility index (Phi) is 7.68. The van der Waals surface area contributed by atoms with E-state index in [2.05, 4.69) is 5.32 Å². The highest BCUT2D eigenvalue weighted by Gasteiger charge is 2.37. The molecule has 0 aromatic heterocycles. The first-order valence-electron chi connectivity index (χ1n) is 11.1. The normalized spacial score (nSPS) is 14.7. The van der Waals surface area contributed by atoms with Gasteiger partial charge >= 0.3 is 6.03 Å². The molecular weight excluding hydrogens is 578 g/mol. The van der Waals surface area contributed by atoms with Gasteiger partial charge in [-0.3, -0.25) is 14.9 Å². The smallest absolute Gasteiger partial charge is 0.335 e. The van der Waals surface area contributed by atoms with Crippen LogP contribution in [0.3, 0.4) is 0 Å². The second kappa shape index (κ2) is 10.9. The number of benzene rings is 3. The molecule has 0 unspecified atom stereocenters. The second-order valence-electron chi connectivity index (χ2n) is 7.94. The van der Waals surface area contributed by atoms with E-state index >= 15 is 0 Å². The van der Waals surface area contributed by atoms with Crippen molar-refractivity contribution in [3.63, 3.8) is 0 Å². The molecule has 4 amide bonds. The fourth-order valence-corrected chi connectivity index (χ4v) is 4.45.